The molecule has 1 aliphatic rings. The molecule has 2 rings (SSSR count). The number of benzene rings is 1. The van der Waals surface area contributed by atoms with Gasteiger partial charge in [-0.15, -0.1) is 0 Å². The van der Waals surface area contributed by atoms with Crippen LogP contribution < -0.4 is 0 Å². The lowest BCUT2D eigenvalue weighted by atomic mass is 9.79. The third-order valence-corrected chi connectivity index (χ3v) is 3.88. The number of aliphatic hydroxyl groups excluding tert-OH is 1. The molecule has 1 heterocycles. The van der Waals surface area contributed by atoms with Gasteiger partial charge < -0.3 is 14.6 Å². The van der Waals surface area contributed by atoms with Crippen LogP contribution in [0.2, 0.25) is 5.02 Å². The predicted molar refractivity (Wildman–Crippen MR) is 75.4 cm³/mol. The first-order chi connectivity index (χ1) is 9.09. The zero-order valence-electron chi connectivity index (χ0n) is 11.5. The van der Waals surface area contributed by atoms with Gasteiger partial charge in [-0.2, -0.15) is 0 Å². The Bertz CT molecular complexity index is 429. The molecular weight excluding hydrogens is 264 g/mol. The molecule has 19 heavy (non-hydrogen) atoms. The molecule has 0 amide bonds. The summed E-state index contributed by atoms with van der Waals surface area (Å²) in [6, 6.07) is 5.82. The minimum atomic E-state index is -0.331. The van der Waals surface area contributed by atoms with E-state index in [1.807, 2.05) is 18.2 Å². The molecule has 0 bridgehead atoms. The monoisotopic (exact) mass is 284 g/mol. The summed E-state index contributed by atoms with van der Waals surface area (Å²) < 4.78 is 11.0. The van der Waals surface area contributed by atoms with Gasteiger partial charge in [0.1, 0.15) is 0 Å². The van der Waals surface area contributed by atoms with E-state index in [0.29, 0.717) is 18.2 Å². The lowest BCUT2D eigenvalue weighted by Gasteiger charge is -2.28. The molecular formula is C15H21ClO3. The van der Waals surface area contributed by atoms with Crippen molar-refractivity contribution >= 4 is 11.6 Å². The SMILES string of the molecule is CCCC(C)(CO)c1cc(Cl)cc(C2OCCO2)c1. The van der Waals surface area contributed by atoms with Crippen LogP contribution in [0.3, 0.4) is 0 Å². The predicted octanol–water partition coefficient (Wildman–Crippen LogP) is 3.44. The highest BCUT2D eigenvalue weighted by Gasteiger charge is 2.27. The van der Waals surface area contributed by atoms with Crippen molar-refractivity contribution in [3.63, 3.8) is 0 Å². The fraction of sp³-hybridized carbons (Fsp3) is 0.600. The van der Waals surface area contributed by atoms with E-state index < -0.39 is 0 Å². The van der Waals surface area contributed by atoms with E-state index in [1.165, 1.54) is 0 Å². The van der Waals surface area contributed by atoms with Crippen molar-refractivity contribution in [2.45, 2.75) is 38.4 Å². The summed E-state index contributed by atoms with van der Waals surface area (Å²) in [4.78, 5) is 0. The normalized spacial score (nSPS) is 19.6. The van der Waals surface area contributed by atoms with Crippen molar-refractivity contribution in [3.05, 3.63) is 34.3 Å². The molecule has 0 aromatic heterocycles. The molecule has 106 valence electrons. The van der Waals surface area contributed by atoms with Crippen LogP contribution in [0.1, 0.15) is 44.1 Å². The van der Waals surface area contributed by atoms with Crippen LogP contribution in [0.5, 0.6) is 0 Å². The van der Waals surface area contributed by atoms with Crippen molar-refractivity contribution in [2.24, 2.45) is 0 Å². The standard InChI is InChI=1S/C15H21ClO3/c1-3-4-15(2,10-17)12-7-11(8-13(16)9-12)14-18-5-6-19-14/h7-9,14,17H,3-6,10H2,1-2H3. The maximum atomic E-state index is 9.71. The van der Waals surface area contributed by atoms with E-state index >= 15 is 0 Å². The van der Waals surface area contributed by atoms with Gasteiger partial charge in [0.05, 0.1) is 19.8 Å². The number of rotatable bonds is 5. The van der Waals surface area contributed by atoms with Gasteiger partial charge in [0.15, 0.2) is 6.29 Å². The quantitative estimate of drug-likeness (QED) is 0.900. The van der Waals surface area contributed by atoms with Gasteiger partial charge in [-0.25, -0.2) is 0 Å². The third kappa shape index (κ3) is 3.29. The summed E-state index contributed by atoms with van der Waals surface area (Å²) in [5.41, 5.74) is 1.70. The smallest absolute Gasteiger partial charge is 0.184 e. The summed E-state index contributed by atoms with van der Waals surface area (Å²) >= 11 is 6.20. The van der Waals surface area contributed by atoms with Crippen molar-refractivity contribution in [1.82, 2.24) is 0 Å². The Morgan fingerprint density at radius 3 is 2.58 bits per heavy atom. The van der Waals surface area contributed by atoms with Crippen LogP contribution >= 0.6 is 11.6 Å². The lowest BCUT2D eigenvalue weighted by Crippen LogP contribution is -2.26. The Morgan fingerprint density at radius 1 is 1.32 bits per heavy atom. The molecule has 1 N–H and O–H groups in total. The lowest BCUT2D eigenvalue weighted by molar-refractivity contribution is -0.0442. The Morgan fingerprint density at radius 2 is 2.00 bits per heavy atom. The van der Waals surface area contributed by atoms with Crippen LogP contribution in [-0.4, -0.2) is 24.9 Å². The van der Waals surface area contributed by atoms with Gasteiger partial charge in [0, 0.05) is 16.0 Å². The largest absolute Gasteiger partial charge is 0.395 e. The molecule has 4 heteroatoms. The van der Waals surface area contributed by atoms with Crippen LogP contribution in [0, 0.1) is 0 Å². The summed E-state index contributed by atoms with van der Waals surface area (Å²) in [6.45, 7) is 5.50. The highest BCUT2D eigenvalue weighted by atomic mass is 35.5. The zero-order valence-corrected chi connectivity index (χ0v) is 12.2. The van der Waals surface area contributed by atoms with Crippen LogP contribution in [-0.2, 0) is 14.9 Å². The molecule has 1 aromatic carbocycles. The molecule has 1 saturated heterocycles. The van der Waals surface area contributed by atoms with E-state index in [1.54, 1.807) is 0 Å². The summed E-state index contributed by atoms with van der Waals surface area (Å²) in [5.74, 6) is 0. The van der Waals surface area contributed by atoms with Crippen molar-refractivity contribution in [1.29, 1.82) is 0 Å². The van der Waals surface area contributed by atoms with E-state index in [4.69, 9.17) is 21.1 Å². The van der Waals surface area contributed by atoms with Crippen LogP contribution in [0.4, 0.5) is 0 Å². The highest BCUT2D eigenvalue weighted by molar-refractivity contribution is 6.30. The Hall–Kier alpha value is -0.610. The Kier molecular flexibility index (Phi) is 4.85. The molecule has 1 atom stereocenters. The molecule has 0 spiro atoms. The van der Waals surface area contributed by atoms with Gasteiger partial charge in [-0.05, 0) is 30.2 Å². The van der Waals surface area contributed by atoms with Crippen molar-refractivity contribution in [2.75, 3.05) is 19.8 Å². The maximum absolute atomic E-state index is 9.71. The molecule has 1 fully saturated rings. The fourth-order valence-electron chi connectivity index (χ4n) is 2.51. The zero-order chi connectivity index (χ0) is 13.9. The maximum Gasteiger partial charge on any atom is 0.184 e. The second-order valence-corrected chi connectivity index (χ2v) is 5.75. The second-order valence-electron chi connectivity index (χ2n) is 5.32. The van der Waals surface area contributed by atoms with Gasteiger partial charge in [-0.3, -0.25) is 0 Å². The average molecular weight is 285 g/mol. The number of halogens is 1. The Balaban J connectivity index is 2.34. The minimum absolute atomic E-state index is 0.104. The van der Waals surface area contributed by atoms with Crippen LogP contribution in [0.25, 0.3) is 0 Å². The fourth-order valence-corrected chi connectivity index (χ4v) is 2.76. The first-order valence-corrected chi connectivity index (χ1v) is 7.12. The van der Waals surface area contributed by atoms with Crippen molar-refractivity contribution in [3.8, 4) is 0 Å². The first-order valence-electron chi connectivity index (χ1n) is 6.74. The van der Waals surface area contributed by atoms with Gasteiger partial charge in [0.2, 0.25) is 0 Å². The summed E-state index contributed by atoms with van der Waals surface area (Å²) in [6.07, 6.45) is 1.59. The molecule has 1 unspecified atom stereocenters. The molecule has 0 aliphatic carbocycles. The van der Waals surface area contributed by atoms with Crippen LogP contribution in [0.15, 0.2) is 18.2 Å². The van der Waals surface area contributed by atoms with Gasteiger partial charge >= 0.3 is 0 Å². The molecule has 3 nitrogen and oxygen atoms in total. The highest BCUT2D eigenvalue weighted by Crippen LogP contribution is 2.34. The second kappa shape index (κ2) is 6.23. The number of hydrogen-bond acceptors (Lipinski definition) is 3. The van der Waals surface area contributed by atoms with Gasteiger partial charge in [-0.1, -0.05) is 31.9 Å². The van der Waals surface area contributed by atoms with E-state index in [-0.39, 0.29) is 18.3 Å². The topological polar surface area (TPSA) is 38.7 Å². The Labute approximate surface area is 119 Å². The molecule has 0 radical (unpaired) electrons. The minimum Gasteiger partial charge on any atom is -0.395 e. The van der Waals surface area contributed by atoms with E-state index in [9.17, 15) is 5.11 Å². The van der Waals surface area contributed by atoms with E-state index in [0.717, 1.165) is 24.0 Å². The number of aliphatic hydroxyl groups is 1. The van der Waals surface area contributed by atoms with Crippen molar-refractivity contribution < 1.29 is 14.6 Å². The number of hydrogen-bond donors (Lipinski definition) is 1. The average Bonchev–Trinajstić information content (AvgIpc) is 2.92. The van der Waals surface area contributed by atoms with E-state index in [2.05, 4.69) is 13.8 Å². The molecule has 1 aliphatic heterocycles. The van der Waals surface area contributed by atoms with Gasteiger partial charge in [0.25, 0.3) is 0 Å². The summed E-state index contributed by atoms with van der Waals surface area (Å²) in [7, 11) is 0. The number of ether oxygens (including phenoxy) is 2. The first kappa shape index (κ1) is 14.8. The molecule has 0 saturated carbocycles. The molecule has 1 aromatic rings. The summed E-state index contributed by atoms with van der Waals surface area (Å²) in [5, 5.41) is 10.4. The third-order valence-electron chi connectivity index (χ3n) is 3.66.